The third-order valence-electron chi connectivity index (χ3n) is 4.67. The van der Waals surface area contributed by atoms with Crippen LogP contribution in [0.1, 0.15) is 20.8 Å². The van der Waals surface area contributed by atoms with Crippen molar-refractivity contribution in [1.29, 1.82) is 0 Å². The highest BCUT2D eigenvalue weighted by molar-refractivity contribution is 5.36. The summed E-state index contributed by atoms with van der Waals surface area (Å²) >= 11 is 0. The van der Waals surface area contributed by atoms with Gasteiger partial charge in [0, 0.05) is 38.3 Å². The SMILES string of the molecule is C=C/C=C(CN(CCNCC(/C=C\C)=C(/C=C)N=O)CC(=C/C)/C(O)=C\C)\C(=C/C=C)N=O. The lowest BCUT2D eigenvalue weighted by Gasteiger charge is -2.25. The Labute approximate surface area is 197 Å². The van der Waals surface area contributed by atoms with E-state index in [0.717, 1.165) is 11.1 Å². The summed E-state index contributed by atoms with van der Waals surface area (Å²) in [6, 6.07) is 0. The first-order valence-corrected chi connectivity index (χ1v) is 10.7. The van der Waals surface area contributed by atoms with Gasteiger partial charge in [0.15, 0.2) is 0 Å². The van der Waals surface area contributed by atoms with Gasteiger partial charge in [0.25, 0.3) is 0 Å². The summed E-state index contributed by atoms with van der Waals surface area (Å²) in [7, 11) is 0. The molecule has 0 saturated heterocycles. The molecule has 7 nitrogen and oxygen atoms in total. The van der Waals surface area contributed by atoms with E-state index >= 15 is 0 Å². The summed E-state index contributed by atoms with van der Waals surface area (Å²) in [5, 5.41) is 19.7. The second-order valence-electron chi connectivity index (χ2n) is 6.89. The number of hydrogen-bond donors (Lipinski definition) is 2. The molecule has 178 valence electrons. The molecule has 0 aliphatic rings. The number of aliphatic hydroxyl groups excluding tert-OH is 1. The van der Waals surface area contributed by atoms with Gasteiger partial charge in [-0.2, -0.15) is 0 Å². The molecule has 0 aliphatic heterocycles. The highest BCUT2D eigenvalue weighted by atomic mass is 16.3. The van der Waals surface area contributed by atoms with Crippen LogP contribution in [0.2, 0.25) is 0 Å². The van der Waals surface area contributed by atoms with E-state index in [1.807, 2.05) is 32.1 Å². The average molecular weight is 453 g/mol. The fraction of sp³-hybridized carbons (Fsp3) is 0.308. The molecule has 0 aromatic heterocycles. The number of allylic oxidation sites excluding steroid dienone is 8. The molecule has 0 rings (SSSR count). The molecular weight excluding hydrogens is 416 g/mol. The molecule has 0 unspecified atom stereocenters. The third kappa shape index (κ3) is 11.1. The van der Waals surface area contributed by atoms with Crippen LogP contribution < -0.4 is 5.32 Å². The summed E-state index contributed by atoms with van der Waals surface area (Å²) in [4.78, 5) is 24.5. The molecule has 0 bridgehead atoms. The number of nitrogens with zero attached hydrogens (tertiary/aromatic N) is 3. The second-order valence-corrected chi connectivity index (χ2v) is 6.89. The van der Waals surface area contributed by atoms with E-state index in [-0.39, 0.29) is 11.5 Å². The van der Waals surface area contributed by atoms with Gasteiger partial charge >= 0.3 is 0 Å². The highest BCUT2D eigenvalue weighted by Gasteiger charge is 2.15. The summed E-state index contributed by atoms with van der Waals surface area (Å²) in [5.41, 5.74) is 2.75. The Morgan fingerprint density at radius 3 is 2.12 bits per heavy atom. The van der Waals surface area contributed by atoms with Crippen LogP contribution >= 0.6 is 0 Å². The van der Waals surface area contributed by atoms with Crippen molar-refractivity contribution in [3.63, 3.8) is 0 Å². The molecule has 0 spiro atoms. The van der Waals surface area contributed by atoms with Crippen molar-refractivity contribution in [1.82, 2.24) is 10.2 Å². The maximum atomic E-state index is 11.4. The third-order valence-corrected chi connectivity index (χ3v) is 4.67. The monoisotopic (exact) mass is 452 g/mol. The van der Waals surface area contributed by atoms with E-state index in [2.05, 4.69) is 40.3 Å². The first-order valence-electron chi connectivity index (χ1n) is 10.7. The molecule has 0 aliphatic carbocycles. The van der Waals surface area contributed by atoms with Crippen molar-refractivity contribution in [3.8, 4) is 0 Å². The van der Waals surface area contributed by atoms with Crippen LogP contribution in [0.3, 0.4) is 0 Å². The predicted molar refractivity (Wildman–Crippen MR) is 140 cm³/mol. The number of nitroso groups, excluding NO2 is 2. The van der Waals surface area contributed by atoms with Crippen molar-refractivity contribution >= 4 is 0 Å². The molecule has 0 heterocycles. The standard InChI is InChI=1S/C26H36N4O3/c1-7-13-22(24(11-5)28-32)18-27-16-17-30(19-21(10-4)26(31)12-6)20-23(14-8-2)25(29-33)15-9-3/h7-15,27,31H,2-3,5,16-20H2,1,4,6H3/b13-7-,21-10-,23-14-,24-22-,25-15+,26-12+. The number of rotatable bonds is 17. The van der Waals surface area contributed by atoms with Gasteiger partial charge in [0.05, 0.1) is 0 Å². The van der Waals surface area contributed by atoms with Gasteiger partial charge < -0.3 is 10.4 Å². The van der Waals surface area contributed by atoms with Gasteiger partial charge in [-0.3, -0.25) is 4.90 Å². The van der Waals surface area contributed by atoms with Gasteiger partial charge in [-0.1, -0.05) is 56.2 Å². The van der Waals surface area contributed by atoms with Gasteiger partial charge in [0.2, 0.25) is 0 Å². The largest absolute Gasteiger partial charge is 0.508 e. The Morgan fingerprint density at radius 1 is 0.970 bits per heavy atom. The highest BCUT2D eigenvalue weighted by Crippen LogP contribution is 2.17. The van der Waals surface area contributed by atoms with Crippen LogP contribution in [-0.2, 0) is 0 Å². The summed E-state index contributed by atoms with van der Waals surface area (Å²) in [5.74, 6) is 0.200. The quantitative estimate of drug-likeness (QED) is 0.122. The molecular formula is C26H36N4O3. The molecule has 0 saturated carbocycles. The lowest BCUT2D eigenvalue weighted by atomic mass is 10.1. The van der Waals surface area contributed by atoms with Crippen LogP contribution in [0, 0.1) is 9.81 Å². The van der Waals surface area contributed by atoms with E-state index in [9.17, 15) is 14.9 Å². The zero-order valence-corrected chi connectivity index (χ0v) is 20.0. The molecule has 0 fully saturated rings. The topological polar surface area (TPSA) is 94.4 Å². The Hall–Kier alpha value is -3.42. The molecule has 7 heteroatoms. The Morgan fingerprint density at radius 2 is 1.64 bits per heavy atom. The Balaban J connectivity index is 5.68. The van der Waals surface area contributed by atoms with Crippen molar-refractivity contribution in [3.05, 3.63) is 118 Å². The van der Waals surface area contributed by atoms with Gasteiger partial charge in [-0.05, 0) is 60.5 Å². The molecule has 2 N–H and O–H groups in total. The van der Waals surface area contributed by atoms with Crippen LogP contribution in [0.25, 0.3) is 0 Å². The van der Waals surface area contributed by atoms with E-state index < -0.39 is 0 Å². The second kappa shape index (κ2) is 18.2. The van der Waals surface area contributed by atoms with Crippen LogP contribution in [0.5, 0.6) is 0 Å². The normalized spacial score (nSPS) is 14.3. The number of aliphatic hydroxyl groups is 1. The lowest BCUT2D eigenvalue weighted by molar-refractivity contribution is 0.310. The van der Waals surface area contributed by atoms with E-state index in [1.165, 1.54) is 12.2 Å². The molecule has 0 amide bonds. The number of hydrogen-bond acceptors (Lipinski definition) is 7. The van der Waals surface area contributed by atoms with Crippen molar-refractivity contribution in [2.75, 3.05) is 32.7 Å². The molecule has 0 aromatic rings. The molecule has 0 atom stereocenters. The Kier molecular flexibility index (Phi) is 16.3. The fourth-order valence-electron chi connectivity index (χ4n) is 2.99. The lowest BCUT2D eigenvalue weighted by Crippen LogP contribution is -2.36. The molecule has 33 heavy (non-hydrogen) atoms. The van der Waals surface area contributed by atoms with Crippen molar-refractivity contribution in [2.24, 2.45) is 10.4 Å². The average Bonchev–Trinajstić information content (AvgIpc) is 2.83. The van der Waals surface area contributed by atoms with E-state index in [1.54, 1.807) is 31.2 Å². The molecule has 0 aromatic carbocycles. The minimum atomic E-state index is 0.200. The Bertz CT molecular complexity index is 864. The predicted octanol–water partition coefficient (Wildman–Crippen LogP) is 6.02. The van der Waals surface area contributed by atoms with Crippen molar-refractivity contribution in [2.45, 2.75) is 20.8 Å². The summed E-state index contributed by atoms with van der Waals surface area (Å²) in [6.07, 6.45) is 15.0. The minimum Gasteiger partial charge on any atom is -0.508 e. The first kappa shape index (κ1) is 29.6. The zero-order valence-electron chi connectivity index (χ0n) is 20.0. The van der Waals surface area contributed by atoms with Crippen molar-refractivity contribution < 1.29 is 5.11 Å². The molecule has 0 radical (unpaired) electrons. The summed E-state index contributed by atoms with van der Waals surface area (Å²) < 4.78 is 0. The number of nitrogens with one attached hydrogen (secondary N) is 1. The van der Waals surface area contributed by atoms with Gasteiger partial charge in [-0.25, -0.2) is 0 Å². The van der Waals surface area contributed by atoms with Crippen LogP contribution in [0.15, 0.2) is 119 Å². The van der Waals surface area contributed by atoms with Gasteiger partial charge in [-0.15, -0.1) is 9.81 Å². The van der Waals surface area contributed by atoms with Crippen LogP contribution in [0.4, 0.5) is 0 Å². The summed E-state index contributed by atoms with van der Waals surface area (Å²) in [6.45, 7) is 18.9. The van der Waals surface area contributed by atoms with Gasteiger partial charge in [0.1, 0.15) is 17.2 Å². The maximum Gasteiger partial charge on any atom is 0.115 e. The fourth-order valence-corrected chi connectivity index (χ4v) is 2.99. The van der Waals surface area contributed by atoms with E-state index in [0.29, 0.717) is 44.0 Å². The zero-order chi connectivity index (χ0) is 25.1. The maximum absolute atomic E-state index is 11.4. The van der Waals surface area contributed by atoms with E-state index in [4.69, 9.17) is 0 Å². The smallest absolute Gasteiger partial charge is 0.115 e. The van der Waals surface area contributed by atoms with Crippen LogP contribution in [-0.4, -0.2) is 42.7 Å². The first-order chi connectivity index (χ1) is 15.9. The minimum absolute atomic E-state index is 0.200.